The first-order valence-corrected chi connectivity index (χ1v) is 19.6. The van der Waals surface area contributed by atoms with E-state index in [1.165, 1.54) is 42.1 Å². The third kappa shape index (κ3) is 5.27. The summed E-state index contributed by atoms with van der Waals surface area (Å²) in [5, 5.41) is 7.18. The summed E-state index contributed by atoms with van der Waals surface area (Å²) in [6, 6.07) is 65.4. The highest BCUT2D eigenvalue weighted by Crippen LogP contribution is 2.47. The van der Waals surface area contributed by atoms with Crippen molar-refractivity contribution in [2.75, 3.05) is 0 Å². The van der Waals surface area contributed by atoms with Gasteiger partial charge in [-0.3, -0.25) is 4.57 Å². The molecule has 0 saturated heterocycles. The number of thiophene rings is 1. The highest BCUT2D eigenvalue weighted by molar-refractivity contribution is 7.25. The van der Waals surface area contributed by atoms with Crippen molar-refractivity contribution in [1.82, 2.24) is 9.55 Å². The zero-order valence-electron chi connectivity index (χ0n) is 35.2. The van der Waals surface area contributed by atoms with Crippen LogP contribution in [0.4, 0.5) is 0 Å². The molecule has 3 heteroatoms. The highest BCUT2D eigenvalue weighted by atomic mass is 32.1. The number of hydrogen-bond donors (Lipinski definition) is 0. The Morgan fingerprint density at radius 2 is 1.05 bits per heavy atom. The molecular formula is C53H36N2S. The average molecular weight is 738 g/mol. The normalized spacial score (nSPS) is 13.5. The van der Waals surface area contributed by atoms with Crippen molar-refractivity contribution in [3.8, 4) is 50.2 Å². The standard InChI is InChI=1S/C53H36N2S/c1-2-51-54-47-23-9-10-24-48(47)55(51)40-19-13-17-36(31-40)35-16-12-18-38(30-35)52-42-21-6-7-22-43(42)53(46-32-37(26-28-44(46)52)34-14-4-3-5-15-34)39-27-29-50-45(33-39)41-20-8-11-25-49(41)56-50/h3-33H,2H2,1H3/i1D3,2D2. The Balaban J connectivity index is 1.12. The fourth-order valence-electron chi connectivity index (χ4n) is 8.54. The Morgan fingerprint density at radius 3 is 1.91 bits per heavy atom. The van der Waals surface area contributed by atoms with Crippen LogP contribution >= 0.6 is 11.3 Å². The van der Waals surface area contributed by atoms with Gasteiger partial charge in [0.05, 0.1) is 11.0 Å². The van der Waals surface area contributed by atoms with Gasteiger partial charge >= 0.3 is 0 Å². The number of benzene rings is 9. The molecular weight excluding hydrogens is 697 g/mol. The lowest BCUT2D eigenvalue weighted by molar-refractivity contribution is 0.908. The molecule has 11 aromatic rings. The van der Waals surface area contributed by atoms with Gasteiger partial charge in [-0.15, -0.1) is 11.3 Å². The molecule has 2 heterocycles. The monoisotopic (exact) mass is 737 g/mol. The van der Waals surface area contributed by atoms with Crippen LogP contribution in [-0.2, 0) is 6.37 Å². The molecule has 0 aliphatic rings. The smallest absolute Gasteiger partial charge is 0.114 e. The maximum Gasteiger partial charge on any atom is 0.114 e. The largest absolute Gasteiger partial charge is 0.296 e. The maximum atomic E-state index is 8.73. The lowest BCUT2D eigenvalue weighted by Gasteiger charge is -2.19. The van der Waals surface area contributed by atoms with Gasteiger partial charge in [-0.2, -0.15) is 0 Å². The third-order valence-corrected chi connectivity index (χ3v) is 12.2. The van der Waals surface area contributed by atoms with Crippen molar-refractivity contribution in [3.63, 3.8) is 0 Å². The quantitative estimate of drug-likeness (QED) is 0.155. The van der Waals surface area contributed by atoms with Crippen LogP contribution in [-0.4, -0.2) is 9.55 Å². The number of hydrogen-bond acceptors (Lipinski definition) is 2. The molecule has 0 saturated carbocycles. The molecule has 2 nitrogen and oxygen atoms in total. The van der Waals surface area contributed by atoms with Crippen LogP contribution in [0.2, 0.25) is 0 Å². The van der Waals surface area contributed by atoms with Crippen LogP contribution in [0.5, 0.6) is 0 Å². The Labute approximate surface area is 336 Å². The lowest BCUT2D eigenvalue weighted by Crippen LogP contribution is -2.00. The highest BCUT2D eigenvalue weighted by Gasteiger charge is 2.19. The molecule has 0 amide bonds. The third-order valence-electron chi connectivity index (χ3n) is 11.1. The van der Waals surface area contributed by atoms with Crippen molar-refractivity contribution in [2.45, 2.75) is 13.2 Å². The number of aryl methyl sites for hydroxylation is 1. The van der Waals surface area contributed by atoms with E-state index >= 15 is 0 Å². The van der Waals surface area contributed by atoms with Crippen LogP contribution in [0.1, 0.15) is 19.5 Å². The topological polar surface area (TPSA) is 17.8 Å². The number of rotatable bonds is 6. The number of nitrogens with zero attached hydrogens (tertiary/aromatic N) is 2. The molecule has 264 valence electrons. The van der Waals surface area contributed by atoms with E-state index in [1.807, 2.05) is 53.8 Å². The Kier molecular flexibility index (Phi) is 6.53. The van der Waals surface area contributed by atoms with E-state index in [9.17, 15) is 0 Å². The first kappa shape index (κ1) is 27.7. The zero-order valence-corrected chi connectivity index (χ0v) is 31.0. The molecule has 0 aliphatic carbocycles. The van der Waals surface area contributed by atoms with E-state index < -0.39 is 13.2 Å². The first-order chi connectivity index (χ1) is 29.6. The second kappa shape index (κ2) is 13.2. The number of para-hydroxylation sites is 2. The Hall–Kier alpha value is -6.81. The summed E-state index contributed by atoms with van der Waals surface area (Å²) >= 11 is 1.83. The van der Waals surface area contributed by atoms with Crippen LogP contribution < -0.4 is 0 Å². The van der Waals surface area contributed by atoms with Gasteiger partial charge in [0, 0.05) is 39.1 Å². The van der Waals surface area contributed by atoms with Crippen LogP contribution in [0.25, 0.3) is 103 Å². The second-order valence-electron chi connectivity index (χ2n) is 14.2. The molecule has 0 radical (unpaired) electrons. The summed E-state index contributed by atoms with van der Waals surface area (Å²) in [6.07, 6.45) is -2.69. The van der Waals surface area contributed by atoms with E-state index in [1.54, 1.807) is 10.6 Å². The number of aromatic nitrogens is 2. The number of imidazole rings is 1. The first-order valence-electron chi connectivity index (χ1n) is 21.3. The van der Waals surface area contributed by atoms with E-state index in [0.29, 0.717) is 16.7 Å². The van der Waals surface area contributed by atoms with E-state index in [0.717, 1.165) is 44.2 Å². The van der Waals surface area contributed by atoms with Crippen LogP contribution in [0.3, 0.4) is 0 Å². The van der Waals surface area contributed by atoms with Crippen molar-refractivity contribution in [1.29, 1.82) is 0 Å². The second-order valence-corrected chi connectivity index (χ2v) is 15.3. The number of fused-ring (bicyclic) bond motifs is 6. The molecule has 0 bridgehead atoms. The molecule has 56 heavy (non-hydrogen) atoms. The fourth-order valence-corrected chi connectivity index (χ4v) is 9.63. The summed E-state index contributed by atoms with van der Waals surface area (Å²) in [5.74, 6) is -0.154. The van der Waals surface area contributed by atoms with Gasteiger partial charge in [0.2, 0.25) is 0 Å². The summed E-state index contributed by atoms with van der Waals surface area (Å²) in [4.78, 5) is 4.55. The van der Waals surface area contributed by atoms with E-state index in [2.05, 4.69) is 145 Å². The summed E-state index contributed by atoms with van der Waals surface area (Å²) in [6.45, 7) is -2.92. The summed E-state index contributed by atoms with van der Waals surface area (Å²) in [5.41, 5.74) is 10.6. The lowest BCUT2D eigenvalue weighted by atomic mass is 9.84. The van der Waals surface area contributed by atoms with Gasteiger partial charge in [-0.05, 0) is 121 Å². The van der Waals surface area contributed by atoms with Gasteiger partial charge in [-0.25, -0.2) is 4.98 Å². The van der Waals surface area contributed by atoms with Gasteiger partial charge < -0.3 is 0 Å². The molecule has 0 fully saturated rings. The maximum absolute atomic E-state index is 8.73. The van der Waals surface area contributed by atoms with Gasteiger partial charge in [-0.1, -0.05) is 140 Å². The van der Waals surface area contributed by atoms with Crippen LogP contribution in [0, 0.1) is 0 Å². The minimum Gasteiger partial charge on any atom is -0.296 e. The van der Waals surface area contributed by atoms with Gasteiger partial charge in [0.15, 0.2) is 0 Å². The minimum atomic E-state index is -2.92. The minimum absolute atomic E-state index is 0.154. The molecule has 9 aromatic carbocycles. The summed E-state index contributed by atoms with van der Waals surface area (Å²) < 4.78 is 45.9. The van der Waals surface area contributed by atoms with Crippen molar-refractivity contribution in [2.24, 2.45) is 0 Å². The molecule has 2 aromatic heterocycles. The Bertz CT molecular complexity index is 3510. The molecule has 0 spiro atoms. The Morgan fingerprint density at radius 1 is 0.464 bits per heavy atom. The summed E-state index contributed by atoms with van der Waals surface area (Å²) in [7, 11) is 0. The van der Waals surface area contributed by atoms with Crippen LogP contribution in [0.15, 0.2) is 188 Å². The molecule has 0 aliphatic heterocycles. The van der Waals surface area contributed by atoms with Crippen molar-refractivity contribution >= 4 is 64.1 Å². The fraction of sp³-hybridized carbons (Fsp3) is 0.0377. The molecule has 11 rings (SSSR count). The van der Waals surface area contributed by atoms with E-state index in [-0.39, 0.29) is 5.82 Å². The predicted octanol–water partition coefficient (Wildman–Crippen LogP) is 14.9. The van der Waals surface area contributed by atoms with Crippen molar-refractivity contribution in [3.05, 3.63) is 194 Å². The SMILES string of the molecule is [2H]C([2H])([2H])C([2H])([2H])c1nc2ccccc2n1-c1cccc(-c2cccc(-c3c4ccccc4c(-c4ccc5sc6ccccc6c5c4)c4cc(-c5ccccc5)ccc34)c2)c1. The molecule has 0 unspecified atom stereocenters. The van der Waals surface area contributed by atoms with Gasteiger partial charge in [0.1, 0.15) is 5.82 Å². The molecule has 0 atom stereocenters. The van der Waals surface area contributed by atoms with Crippen molar-refractivity contribution < 1.29 is 6.85 Å². The van der Waals surface area contributed by atoms with Gasteiger partial charge in [0.25, 0.3) is 0 Å². The van der Waals surface area contributed by atoms with E-state index in [4.69, 9.17) is 6.85 Å². The zero-order chi connectivity index (χ0) is 41.5. The molecule has 0 N–H and O–H groups in total. The predicted molar refractivity (Wildman–Crippen MR) is 240 cm³/mol. The average Bonchev–Trinajstić information content (AvgIpc) is 3.87.